The number of aromatic nitrogens is 3. The van der Waals surface area contributed by atoms with Gasteiger partial charge in [0.05, 0.1) is 18.8 Å². The number of rotatable bonds is 4. The Hall–Kier alpha value is -3.61. The molecule has 0 bridgehead atoms. The van der Waals surface area contributed by atoms with E-state index in [2.05, 4.69) is 10.2 Å². The van der Waals surface area contributed by atoms with E-state index in [9.17, 15) is 9.18 Å². The number of carbonyl (C=O) groups is 1. The molecule has 6 nitrogen and oxygen atoms in total. The van der Waals surface area contributed by atoms with Gasteiger partial charge in [0.15, 0.2) is 0 Å². The van der Waals surface area contributed by atoms with Crippen LogP contribution in [0.3, 0.4) is 0 Å². The third-order valence-corrected chi connectivity index (χ3v) is 4.64. The van der Waals surface area contributed by atoms with Crippen LogP contribution < -0.4 is 4.74 Å². The largest absolute Gasteiger partial charge is 0.497 e. The fraction of sp³-hybridized carbons (Fsp3) is 0.143. The van der Waals surface area contributed by atoms with E-state index < -0.39 is 5.82 Å². The fourth-order valence-electron chi connectivity index (χ4n) is 3.25. The van der Waals surface area contributed by atoms with Gasteiger partial charge in [-0.15, -0.1) is 0 Å². The van der Waals surface area contributed by atoms with Crippen LogP contribution in [0.5, 0.6) is 5.75 Å². The monoisotopic (exact) mass is 378 g/mol. The average Bonchev–Trinajstić information content (AvgIpc) is 3.36. The van der Waals surface area contributed by atoms with Crippen molar-refractivity contribution in [3.8, 4) is 16.9 Å². The van der Waals surface area contributed by atoms with Gasteiger partial charge in [0.2, 0.25) is 0 Å². The summed E-state index contributed by atoms with van der Waals surface area (Å²) in [4.78, 5) is 14.5. The topological polar surface area (TPSA) is 63.1 Å². The van der Waals surface area contributed by atoms with Crippen molar-refractivity contribution in [2.75, 3.05) is 14.2 Å². The first-order valence-corrected chi connectivity index (χ1v) is 8.74. The molecule has 2 heterocycles. The number of halogens is 1. The van der Waals surface area contributed by atoms with Crippen molar-refractivity contribution in [2.24, 2.45) is 0 Å². The minimum Gasteiger partial charge on any atom is -0.497 e. The molecule has 0 aliphatic heterocycles. The molecule has 0 aliphatic rings. The molecule has 0 atom stereocenters. The van der Waals surface area contributed by atoms with E-state index in [4.69, 9.17) is 4.74 Å². The summed E-state index contributed by atoms with van der Waals surface area (Å²) in [7, 11) is 3.17. The number of fused-ring (bicyclic) bond motifs is 1. The van der Waals surface area contributed by atoms with E-state index >= 15 is 0 Å². The molecule has 4 rings (SSSR count). The molecule has 142 valence electrons. The van der Waals surface area contributed by atoms with Crippen molar-refractivity contribution in [1.29, 1.82) is 0 Å². The van der Waals surface area contributed by atoms with Crippen LogP contribution in [0.1, 0.15) is 5.56 Å². The minimum atomic E-state index is -0.395. The second-order valence-corrected chi connectivity index (χ2v) is 6.58. The van der Waals surface area contributed by atoms with E-state index in [0.717, 1.165) is 22.0 Å². The molecule has 0 fully saturated rings. The van der Waals surface area contributed by atoms with Gasteiger partial charge in [-0.05, 0) is 41.5 Å². The Morgan fingerprint density at radius 2 is 2.07 bits per heavy atom. The second kappa shape index (κ2) is 7.19. The maximum atomic E-state index is 13.7. The number of ether oxygens (including phenoxy) is 1. The molecule has 0 unspecified atom stereocenters. The van der Waals surface area contributed by atoms with E-state index in [-0.39, 0.29) is 12.6 Å². The zero-order chi connectivity index (χ0) is 19.7. The maximum absolute atomic E-state index is 13.7. The summed E-state index contributed by atoms with van der Waals surface area (Å²) in [5.41, 5.74) is 3.47. The van der Waals surface area contributed by atoms with Crippen LogP contribution in [-0.4, -0.2) is 39.9 Å². The van der Waals surface area contributed by atoms with Crippen LogP contribution in [0.15, 0.2) is 61.1 Å². The summed E-state index contributed by atoms with van der Waals surface area (Å²) in [5.74, 6) is 0.0300. The number of nitrogens with zero attached hydrogens (tertiary/aromatic N) is 3. The summed E-state index contributed by atoms with van der Waals surface area (Å²) < 4.78 is 20.4. The van der Waals surface area contributed by atoms with Gasteiger partial charge in [0.25, 0.3) is 0 Å². The minimum absolute atomic E-state index is 0.200. The molecular weight excluding hydrogens is 359 g/mol. The quantitative estimate of drug-likeness (QED) is 0.577. The van der Waals surface area contributed by atoms with Gasteiger partial charge >= 0.3 is 6.03 Å². The van der Waals surface area contributed by atoms with Crippen molar-refractivity contribution < 1.29 is 13.9 Å². The molecule has 0 aliphatic carbocycles. The molecule has 1 amide bonds. The lowest BCUT2D eigenvalue weighted by atomic mass is 10.1. The predicted octanol–water partition coefficient (Wildman–Crippen LogP) is 4.28. The summed E-state index contributed by atoms with van der Waals surface area (Å²) in [6.07, 6.45) is 5.32. The molecule has 1 N–H and O–H groups in total. The number of hydrogen-bond donors (Lipinski definition) is 1. The maximum Gasteiger partial charge on any atom is 0.328 e. The smallest absolute Gasteiger partial charge is 0.328 e. The van der Waals surface area contributed by atoms with E-state index in [1.165, 1.54) is 24.1 Å². The highest BCUT2D eigenvalue weighted by Crippen LogP contribution is 2.25. The van der Waals surface area contributed by atoms with E-state index in [0.29, 0.717) is 11.3 Å². The molecule has 0 saturated heterocycles. The highest BCUT2D eigenvalue weighted by molar-refractivity contribution is 5.93. The molecule has 0 radical (unpaired) electrons. The van der Waals surface area contributed by atoms with Crippen LogP contribution in [0, 0.1) is 5.82 Å². The molecule has 0 saturated carbocycles. The lowest BCUT2D eigenvalue weighted by molar-refractivity contribution is 0.209. The number of methoxy groups -OCH3 is 1. The lowest BCUT2D eigenvalue weighted by Crippen LogP contribution is -2.30. The van der Waals surface area contributed by atoms with Crippen molar-refractivity contribution >= 4 is 16.9 Å². The predicted molar refractivity (Wildman–Crippen MR) is 105 cm³/mol. The van der Waals surface area contributed by atoms with Crippen molar-refractivity contribution in [3.05, 3.63) is 72.4 Å². The molecular formula is C21H19FN4O2. The highest BCUT2D eigenvalue weighted by Gasteiger charge is 2.15. The standard InChI is InChI=1S/C21H19FN4O2/c1-25(13-14-7-18(22)10-19(8-14)28-2)21(27)26-6-5-16-9-15(3-4-20(16)26)17-11-23-24-12-17/h3-12H,13H2,1-2H3,(H,23,24). The van der Waals surface area contributed by atoms with Crippen LogP contribution in [0.4, 0.5) is 9.18 Å². The number of benzene rings is 2. The third kappa shape index (κ3) is 3.34. The number of amides is 1. The van der Waals surface area contributed by atoms with Gasteiger partial charge in [-0.2, -0.15) is 5.10 Å². The SMILES string of the molecule is COc1cc(F)cc(CN(C)C(=O)n2ccc3cc(-c4cn[nH]c4)ccc32)c1. The molecule has 28 heavy (non-hydrogen) atoms. The summed E-state index contributed by atoms with van der Waals surface area (Å²) in [6.45, 7) is 0.264. The van der Waals surface area contributed by atoms with Crippen molar-refractivity contribution in [3.63, 3.8) is 0 Å². The van der Waals surface area contributed by atoms with Crippen LogP contribution in [0.2, 0.25) is 0 Å². The first-order chi connectivity index (χ1) is 13.5. The van der Waals surface area contributed by atoms with Gasteiger partial charge < -0.3 is 9.64 Å². The van der Waals surface area contributed by atoms with Crippen LogP contribution in [-0.2, 0) is 6.54 Å². The lowest BCUT2D eigenvalue weighted by Gasteiger charge is -2.19. The van der Waals surface area contributed by atoms with Gasteiger partial charge in [-0.3, -0.25) is 9.67 Å². The second-order valence-electron chi connectivity index (χ2n) is 6.58. The molecule has 2 aromatic carbocycles. The number of H-pyrrole nitrogens is 1. The highest BCUT2D eigenvalue weighted by atomic mass is 19.1. The average molecular weight is 378 g/mol. The third-order valence-electron chi connectivity index (χ3n) is 4.64. The first-order valence-electron chi connectivity index (χ1n) is 8.74. The molecule has 7 heteroatoms. The van der Waals surface area contributed by atoms with Gasteiger partial charge in [-0.1, -0.05) is 6.07 Å². The zero-order valence-electron chi connectivity index (χ0n) is 15.5. The first kappa shape index (κ1) is 17.8. The summed E-state index contributed by atoms with van der Waals surface area (Å²) in [5, 5.41) is 7.72. The Morgan fingerprint density at radius 3 is 2.82 bits per heavy atom. The number of aromatic amines is 1. The Balaban J connectivity index is 1.59. The van der Waals surface area contributed by atoms with Gasteiger partial charge in [-0.25, -0.2) is 9.18 Å². The Morgan fingerprint density at radius 1 is 1.21 bits per heavy atom. The molecule has 0 spiro atoms. The number of nitrogens with one attached hydrogen (secondary N) is 1. The number of hydrogen-bond acceptors (Lipinski definition) is 3. The molecule has 2 aromatic heterocycles. The van der Waals surface area contributed by atoms with Gasteiger partial charge in [0.1, 0.15) is 11.6 Å². The van der Waals surface area contributed by atoms with Crippen LogP contribution in [0.25, 0.3) is 22.0 Å². The Labute approximate surface area is 161 Å². The normalized spacial score (nSPS) is 11.0. The summed E-state index contributed by atoms with van der Waals surface area (Å²) in [6, 6.07) is 12.0. The Kier molecular flexibility index (Phi) is 4.57. The van der Waals surface area contributed by atoms with Crippen LogP contribution >= 0.6 is 0 Å². The zero-order valence-corrected chi connectivity index (χ0v) is 15.5. The number of carbonyl (C=O) groups excluding carboxylic acids is 1. The van der Waals surface area contributed by atoms with E-state index in [1.54, 1.807) is 30.1 Å². The fourth-order valence-corrected chi connectivity index (χ4v) is 3.25. The van der Waals surface area contributed by atoms with Crippen molar-refractivity contribution in [1.82, 2.24) is 19.7 Å². The van der Waals surface area contributed by atoms with Crippen molar-refractivity contribution in [2.45, 2.75) is 6.54 Å². The molecule has 4 aromatic rings. The summed E-state index contributed by atoms with van der Waals surface area (Å²) >= 11 is 0. The Bertz CT molecular complexity index is 1130. The van der Waals surface area contributed by atoms with Gasteiger partial charge in [0, 0.05) is 43.0 Å². The van der Waals surface area contributed by atoms with E-state index in [1.807, 2.05) is 30.5 Å².